The van der Waals surface area contributed by atoms with E-state index in [0.717, 1.165) is 11.1 Å². The molecule has 0 N–H and O–H groups in total. The van der Waals surface area contributed by atoms with Crippen molar-refractivity contribution >= 4 is 34.1 Å². The fourth-order valence-electron chi connectivity index (χ4n) is 2.73. The van der Waals surface area contributed by atoms with Crippen LogP contribution in [0.2, 0.25) is 10.0 Å². The van der Waals surface area contributed by atoms with Gasteiger partial charge in [0.2, 0.25) is 0 Å². The first-order chi connectivity index (χ1) is 9.65. The van der Waals surface area contributed by atoms with Crippen LogP contribution in [0.1, 0.15) is 5.56 Å². The lowest BCUT2D eigenvalue weighted by atomic mass is 10.1. The summed E-state index contributed by atoms with van der Waals surface area (Å²) in [6.45, 7) is 0.663. The normalized spacial score (nSPS) is 12.5. The maximum absolute atomic E-state index is 12.2. The van der Waals surface area contributed by atoms with Crippen LogP contribution >= 0.6 is 23.2 Å². The second kappa shape index (κ2) is 4.08. The van der Waals surface area contributed by atoms with Gasteiger partial charge < -0.3 is 4.57 Å². The van der Waals surface area contributed by atoms with Gasteiger partial charge in [-0.15, -0.1) is 0 Å². The Bertz CT molecular complexity index is 931. The Kier molecular flexibility index (Phi) is 2.43. The van der Waals surface area contributed by atoms with Crippen molar-refractivity contribution in [3.63, 3.8) is 0 Å². The Morgan fingerprint density at radius 3 is 2.80 bits per heavy atom. The highest BCUT2D eigenvalue weighted by Gasteiger charge is 2.23. The number of rotatable bonds is 0. The van der Waals surface area contributed by atoms with Gasteiger partial charge in [-0.1, -0.05) is 47.5 Å². The van der Waals surface area contributed by atoms with Crippen molar-refractivity contribution in [2.45, 2.75) is 6.54 Å². The smallest absolute Gasteiger partial charge is 0.281 e. The zero-order valence-electron chi connectivity index (χ0n) is 10.2. The summed E-state index contributed by atoms with van der Waals surface area (Å²) in [5.41, 5.74) is 2.52. The lowest BCUT2D eigenvalue weighted by Gasteiger charge is -2.10. The molecule has 98 valence electrons. The molecule has 0 spiro atoms. The first kappa shape index (κ1) is 11.9. The molecule has 20 heavy (non-hydrogen) atoms. The molecule has 0 fully saturated rings. The van der Waals surface area contributed by atoms with Gasteiger partial charge >= 0.3 is 0 Å². The van der Waals surface area contributed by atoms with Gasteiger partial charge in [0, 0.05) is 10.6 Å². The topological polar surface area (TPSA) is 34.9 Å². The van der Waals surface area contributed by atoms with Crippen molar-refractivity contribution in [3.8, 4) is 11.4 Å². The summed E-state index contributed by atoms with van der Waals surface area (Å²) >= 11 is 12.3. The lowest BCUT2D eigenvalue weighted by molar-refractivity contribution is 0.853. The standard InChI is InChI=1S/C15H8Cl2N2O/c16-9-5-11-13(12(17)6-9)19-7-8-3-1-2-4-10(8)14(19)18-15(11)20/h1-6H,7H2. The van der Waals surface area contributed by atoms with Crippen LogP contribution in [0.15, 0.2) is 41.2 Å². The Morgan fingerprint density at radius 1 is 1.15 bits per heavy atom. The average molecular weight is 303 g/mol. The van der Waals surface area contributed by atoms with Gasteiger partial charge in [-0.2, -0.15) is 4.98 Å². The number of hydrogen-bond donors (Lipinski definition) is 0. The maximum Gasteiger partial charge on any atom is 0.281 e. The van der Waals surface area contributed by atoms with E-state index < -0.39 is 0 Å². The first-order valence-electron chi connectivity index (χ1n) is 6.13. The minimum atomic E-state index is -0.299. The van der Waals surface area contributed by atoms with Crippen LogP contribution in [0.4, 0.5) is 0 Å². The zero-order valence-corrected chi connectivity index (χ0v) is 11.7. The molecule has 1 aliphatic rings. The van der Waals surface area contributed by atoms with E-state index in [0.29, 0.717) is 33.3 Å². The van der Waals surface area contributed by atoms with Gasteiger partial charge in [0.25, 0.3) is 5.56 Å². The predicted molar refractivity (Wildman–Crippen MR) is 80.6 cm³/mol. The molecular formula is C15H8Cl2N2O. The van der Waals surface area contributed by atoms with Crippen molar-refractivity contribution in [3.05, 3.63) is 62.4 Å². The second-order valence-corrected chi connectivity index (χ2v) is 5.61. The molecule has 2 heterocycles. The van der Waals surface area contributed by atoms with E-state index in [4.69, 9.17) is 23.2 Å². The predicted octanol–water partition coefficient (Wildman–Crippen LogP) is 3.73. The Labute approximate surface area is 124 Å². The fourth-order valence-corrected chi connectivity index (χ4v) is 3.33. The first-order valence-corrected chi connectivity index (χ1v) is 6.88. The van der Waals surface area contributed by atoms with E-state index in [9.17, 15) is 4.79 Å². The molecule has 1 aromatic heterocycles. The molecule has 0 atom stereocenters. The van der Waals surface area contributed by atoms with Crippen molar-refractivity contribution in [2.75, 3.05) is 0 Å². The van der Waals surface area contributed by atoms with Gasteiger partial charge in [0.05, 0.1) is 22.5 Å². The monoisotopic (exact) mass is 302 g/mol. The Morgan fingerprint density at radius 2 is 1.95 bits per heavy atom. The van der Waals surface area contributed by atoms with E-state index in [1.165, 1.54) is 0 Å². The summed E-state index contributed by atoms with van der Waals surface area (Å²) in [5.74, 6) is 0.669. The highest BCUT2D eigenvalue weighted by molar-refractivity contribution is 6.38. The van der Waals surface area contributed by atoms with Gasteiger partial charge in [0.15, 0.2) is 0 Å². The highest BCUT2D eigenvalue weighted by atomic mass is 35.5. The maximum atomic E-state index is 12.2. The molecule has 0 radical (unpaired) electrons. The largest absolute Gasteiger partial charge is 0.319 e. The van der Waals surface area contributed by atoms with Crippen LogP contribution < -0.4 is 5.56 Å². The molecule has 4 rings (SSSR count). The van der Waals surface area contributed by atoms with Crippen LogP contribution in [0.25, 0.3) is 22.3 Å². The highest BCUT2D eigenvalue weighted by Crippen LogP contribution is 2.35. The Balaban J connectivity index is 2.19. The molecule has 1 aliphatic heterocycles. The number of aromatic nitrogens is 2. The Hall–Kier alpha value is -1.84. The van der Waals surface area contributed by atoms with Crippen molar-refractivity contribution in [1.82, 2.24) is 9.55 Å². The molecular weight excluding hydrogens is 295 g/mol. The van der Waals surface area contributed by atoms with Crippen LogP contribution in [0.3, 0.4) is 0 Å². The lowest BCUT2D eigenvalue weighted by Crippen LogP contribution is -2.13. The minimum absolute atomic E-state index is 0.299. The summed E-state index contributed by atoms with van der Waals surface area (Å²) < 4.78 is 1.97. The fraction of sp³-hybridized carbons (Fsp3) is 0.0667. The van der Waals surface area contributed by atoms with Crippen molar-refractivity contribution < 1.29 is 0 Å². The number of fused-ring (bicyclic) bond motifs is 5. The van der Waals surface area contributed by atoms with Crippen LogP contribution in [0, 0.1) is 0 Å². The number of nitrogens with zero attached hydrogens (tertiary/aromatic N) is 2. The SMILES string of the molecule is O=c1nc2n(c3c(Cl)cc(Cl)cc13)Cc1ccccc1-2. The van der Waals surface area contributed by atoms with Gasteiger partial charge in [-0.25, -0.2) is 0 Å². The summed E-state index contributed by atoms with van der Waals surface area (Å²) in [4.78, 5) is 16.4. The van der Waals surface area contributed by atoms with E-state index in [-0.39, 0.29) is 5.56 Å². The molecule has 0 amide bonds. The molecule has 3 aromatic rings. The van der Waals surface area contributed by atoms with E-state index in [2.05, 4.69) is 4.98 Å². The summed E-state index contributed by atoms with van der Waals surface area (Å²) in [6.07, 6.45) is 0. The van der Waals surface area contributed by atoms with Gasteiger partial charge in [-0.3, -0.25) is 4.79 Å². The quantitative estimate of drug-likeness (QED) is 0.496. The second-order valence-electron chi connectivity index (χ2n) is 4.77. The van der Waals surface area contributed by atoms with Crippen molar-refractivity contribution in [2.24, 2.45) is 0 Å². The molecule has 2 aromatic carbocycles. The van der Waals surface area contributed by atoms with Crippen molar-refractivity contribution in [1.29, 1.82) is 0 Å². The third-order valence-electron chi connectivity index (χ3n) is 3.58. The summed E-state index contributed by atoms with van der Waals surface area (Å²) in [7, 11) is 0. The summed E-state index contributed by atoms with van der Waals surface area (Å²) in [5, 5.41) is 1.37. The van der Waals surface area contributed by atoms with Crippen LogP contribution in [0.5, 0.6) is 0 Å². The van der Waals surface area contributed by atoms with E-state index in [1.54, 1.807) is 12.1 Å². The minimum Gasteiger partial charge on any atom is -0.319 e. The number of benzene rings is 2. The van der Waals surface area contributed by atoms with E-state index in [1.807, 2.05) is 28.8 Å². The zero-order chi connectivity index (χ0) is 13.9. The van der Waals surface area contributed by atoms with Crippen LogP contribution in [-0.4, -0.2) is 9.55 Å². The molecule has 3 nitrogen and oxygen atoms in total. The van der Waals surface area contributed by atoms with Gasteiger partial charge in [0.1, 0.15) is 5.82 Å². The number of halogens is 2. The van der Waals surface area contributed by atoms with Crippen LogP contribution in [-0.2, 0) is 6.54 Å². The molecule has 0 aliphatic carbocycles. The third kappa shape index (κ3) is 1.54. The molecule has 0 unspecified atom stereocenters. The average Bonchev–Trinajstić information content (AvgIpc) is 2.77. The van der Waals surface area contributed by atoms with Gasteiger partial charge in [-0.05, 0) is 17.7 Å². The van der Waals surface area contributed by atoms with E-state index >= 15 is 0 Å². The third-order valence-corrected chi connectivity index (χ3v) is 4.08. The number of hydrogen-bond acceptors (Lipinski definition) is 2. The molecule has 5 heteroatoms. The molecule has 0 saturated heterocycles. The molecule has 0 bridgehead atoms. The summed E-state index contributed by atoms with van der Waals surface area (Å²) in [6, 6.07) is 11.2. The molecule has 0 saturated carbocycles.